The second kappa shape index (κ2) is 8.80. The quantitative estimate of drug-likeness (QED) is 0.655. The van der Waals surface area contributed by atoms with Gasteiger partial charge in [-0.25, -0.2) is 8.78 Å². The Morgan fingerprint density at radius 1 is 1.36 bits per heavy atom. The summed E-state index contributed by atoms with van der Waals surface area (Å²) in [5, 5.41) is 12.5. The number of aliphatic hydroxyl groups is 1. The molecule has 0 bridgehead atoms. The first-order valence-electron chi connectivity index (χ1n) is 7.54. The van der Waals surface area contributed by atoms with Gasteiger partial charge in [0.1, 0.15) is 6.10 Å². The fourth-order valence-electron chi connectivity index (χ4n) is 2.26. The SMILES string of the molecule is CCCC(F)(F)C(O)C(CCCN)NC(=O)c1ccccc1. The molecule has 1 amide bonds. The van der Waals surface area contributed by atoms with Crippen LogP contribution in [0.3, 0.4) is 0 Å². The lowest BCUT2D eigenvalue weighted by molar-refractivity contribution is -0.126. The zero-order valence-electron chi connectivity index (χ0n) is 12.8. The number of hydrogen-bond acceptors (Lipinski definition) is 3. The minimum absolute atomic E-state index is 0.204. The van der Waals surface area contributed by atoms with Gasteiger partial charge >= 0.3 is 0 Å². The summed E-state index contributed by atoms with van der Waals surface area (Å²) in [4.78, 5) is 12.1. The van der Waals surface area contributed by atoms with Crippen molar-refractivity contribution in [2.24, 2.45) is 5.73 Å². The van der Waals surface area contributed by atoms with Gasteiger partial charge in [0, 0.05) is 12.0 Å². The van der Waals surface area contributed by atoms with E-state index >= 15 is 0 Å². The number of carbonyl (C=O) groups is 1. The molecule has 0 saturated carbocycles. The minimum atomic E-state index is -3.24. The highest BCUT2D eigenvalue weighted by atomic mass is 19.3. The highest BCUT2D eigenvalue weighted by Crippen LogP contribution is 2.28. The molecule has 0 heterocycles. The van der Waals surface area contributed by atoms with Crippen molar-refractivity contribution in [2.45, 2.75) is 50.7 Å². The molecule has 1 rings (SSSR count). The molecule has 0 aliphatic heterocycles. The summed E-state index contributed by atoms with van der Waals surface area (Å²) in [6.07, 6.45) is -1.45. The molecule has 6 heteroatoms. The van der Waals surface area contributed by atoms with Gasteiger partial charge in [-0.2, -0.15) is 0 Å². The van der Waals surface area contributed by atoms with Crippen molar-refractivity contribution in [2.75, 3.05) is 6.54 Å². The first-order valence-corrected chi connectivity index (χ1v) is 7.54. The summed E-state index contributed by atoms with van der Waals surface area (Å²) in [6.45, 7) is 1.93. The molecule has 2 atom stereocenters. The Hall–Kier alpha value is -1.53. The number of hydrogen-bond donors (Lipinski definition) is 3. The second-order valence-electron chi connectivity index (χ2n) is 5.33. The lowest BCUT2D eigenvalue weighted by atomic mass is 9.96. The molecule has 0 fully saturated rings. The Bertz CT molecular complexity index is 455. The van der Waals surface area contributed by atoms with Gasteiger partial charge in [0.05, 0.1) is 6.04 Å². The summed E-state index contributed by atoms with van der Waals surface area (Å²) in [6, 6.07) is 7.28. The Balaban J connectivity index is 2.81. The van der Waals surface area contributed by atoms with Crippen molar-refractivity contribution >= 4 is 5.91 Å². The van der Waals surface area contributed by atoms with Gasteiger partial charge in [0.25, 0.3) is 11.8 Å². The molecule has 0 spiro atoms. The molecule has 1 aromatic rings. The van der Waals surface area contributed by atoms with Gasteiger partial charge in [-0.15, -0.1) is 0 Å². The smallest absolute Gasteiger partial charge is 0.275 e. The maximum atomic E-state index is 13.9. The predicted octanol–water partition coefficient (Wildman–Crippen LogP) is 2.32. The minimum Gasteiger partial charge on any atom is -0.385 e. The molecule has 1 aromatic carbocycles. The number of alkyl halides is 2. The van der Waals surface area contributed by atoms with E-state index in [0.717, 1.165) is 0 Å². The van der Waals surface area contributed by atoms with Crippen LogP contribution < -0.4 is 11.1 Å². The standard InChI is InChI=1S/C16H24F2N2O2/c1-2-10-16(17,18)14(21)13(9-6-11-19)20-15(22)12-7-4-3-5-8-12/h3-5,7-8,13-14,21H,2,6,9-11,19H2,1H3,(H,20,22). The van der Waals surface area contributed by atoms with Gasteiger partial charge in [0.2, 0.25) is 0 Å². The number of benzene rings is 1. The molecule has 4 nitrogen and oxygen atoms in total. The molecule has 124 valence electrons. The Labute approximate surface area is 129 Å². The van der Waals surface area contributed by atoms with Gasteiger partial charge in [-0.1, -0.05) is 31.5 Å². The summed E-state index contributed by atoms with van der Waals surface area (Å²) in [7, 11) is 0. The third-order valence-corrected chi connectivity index (χ3v) is 3.47. The first kappa shape index (κ1) is 18.5. The summed E-state index contributed by atoms with van der Waals surface area (Å²) in [5.74, 6) is -3.72. The van der Waals surface area contributed by atoms with E-state index in [9.17, 15) is 18.7 Å². The van der Waals surface area contributed by atoms with Crippen LogP contribution in [-0.4, -0.2) is 35.6 Å². The van der Waals surface area contributed by atoms with Crippen LogP contribution in [0.1, 0.15) is 43.0 Å². The molecule has 4 N–H and O–H groups in total. The van der Waals surface area contributed by atoms with Crippen LogP contribution in [0.2, 0.25) is 0 Å². The molecule has 22 heavy (non-hydrogen) atoms. The van der Waals surface area contributed by atoms with E-state index in [1.54, 1.807) is 37.3 Å². The topological polar surface area (TPSA) is 75.3 Å². The van der Waals surface area contributed by atoms with Crippen LogP contribution in [-0.2, 0) is 0 Å². The summed E-state index contributed by atoms with van der Waals surface area (Å²) in [5.41, 5.74) is 5.77. The van der Waals surface area contributed by atoms with E-state index in [0.29, 0.717) is 18.5 Å². The molecule has 0 aliphatic rings. The predicted molar refractivity (Wildman–Crippen MR) is 81.8 cm³/mol. The second-order valence-corrected chi connectivity index (χ2v) is 5.33. The summed E-state index contributed by atoms with van der Waals surface area (Å²) < 4.78 is 27.8. The van der Waals surface area contributed by atoms with Crippen molar-refractivity contribution < 1.29 is 18.7 Å². The number of halogens is 2. The fourth-order valence-corrected chi connectivity index (χ4v) is 2.26. The van der Waals surface area contributed by atoms with Crippen molar-refractivity contribution in [3.63, 3.8) is 0 Å². The molecule has 0 radical (unpaired) electrons. The van der Waals surface area contributed by atoms with E-state index in [1.807, 2.05) is 0 Å². The number of carbonyl (C=O) groups excluding carboxylic acids is 1. The third kappa shape index (κ3) is 5.35. The van der Waals surface area contributed by atoms with E-state index in [2.05, 4.69) is 5.32 Å². The van der Waals surface area contributed by atoms with Crippen molar-refractivity contribution in [3.8, 4) is 0 Å². The van der Waals surface area contributed by atoms with Gasteiger partial charge in [0.15, 0.2) is 0 Å². The van der Waals surface area contributed by atoms with Crippen molar-refractivity contribution in [1.29, 1.82) is 0 Å². The highest BCUT2D eigenvalue weighted by Gasteiger charge is 2.42. The van der Waals surface area contributed by atoms with Crippen LogP contribution in [0.4, 0.5) is 8.78 Å². The maximum Gasteiger partial charge on any atom is 0.275 e. The normalized spacial score (nSPS) is 14.4. The van der Waals surface area contributed by atoms with Gasteiger partial charge < -0.3 is 16.2 Å². The monoisotopic (exact) mass is 314 g/mol. The first-order chi connectivity index (χ1) is 10.4. The Morgan fingerprint density at radius 3 is 2.55 bits per heavy atom. The Morgan fingerprint density at radius 2 is 2.00 bits per heavy atom. The number of rotatable bonds is 9. The number of aliphatic hydroxyl groups excluding tert-OH is 1. The maximum absolute atomic E-state index is 13.9. The molecule has 0 saturated heterocycles. The molecule has 0 aromatic heterocycles. The van der Waals surface area contributed by atoms with Gasteiger partial charge in [-0.05, 0) is 31.5 Å². The molecule has 2 unspecified atom stereocenters. The van der Waals surface area contributed by atoms with Crippen molar-refractivity contribution in [3.05, 3.63) is 35.9 Å². The highest BCUT2D eigenvalue weighted by molar-refractivity contribution is 5.94. The van der Waals surface area contributed by atoms with Crippen LogP contribution in [0.25, 0.3) is 0 Å². The molecular formula is C16H24F2N2O2. The lowest BCUT2D eigenvalue weighted by Gasteiger charge is -2.30. The molecular weight excluding hydrogens is 290 g/mol. The van der Waals surface area contributed by atoms with Crippen LogP contribution in [0, 0.1) is 0 Å². The largest absolute Gasteiger partial charge is 0.385 e. The van der Waals surface area contributed by atoms with Crippen molar-refractivity contribution in [1.82, 2.24) is 5.32 Å². The average molecular weight is 314 g/mol. The van der Waals surface area contributed by atoms with E-state index < -0.39 is 30.4 Å². The zero-order chi connectivity index (χ0) is 16.6. The fraction of sp³-hybridized carbons (Fsp3) is 0.562. The number of amides is 1. The van der Waals surface area contributed by atoms with Crippen LogP contribution >= 0.6 is 0 Å². The van der Waals surface area contributed by atoms with Crippen LogP contribution in [0.5, 0.6) is 0 Å². The number of nitrogens with one attached hydrogen (secondary N) is 1. The summed E-state index contributed by atoms with van der Waals surface area (Å²) >= 11 is 0. The zero-order valence-corrected chi connectivity index (χ0v) is 12.8. The number of nitrogens with two attached hydrogens (primary N) is 1. The Kier molecular flexibility index (Phi) is 7.41. The lowest BCUT2D eigenvalue weighted by Crippen LogP contribution is -2.51. The molecule has 0 aliphatic carbocycles. The van der Waals surface area contributed by atoms with E-state index in [-0.39, 0.29) is 12.8 Å². The van der Waals surface area contributed by atoms with Crippen LogP contribution in [0.15, 0.2) is 30.3 Å². The van der Waals surface area contributed by atoms with E-state index in [1.165, 1.54) is 0 Å². The van der Waals surface area contributed by atoms with E-state index in [4.69, 9.17) is 5.73 Å². The average Bonchev–Trinajstić information content (AvgIpc) is 2.51. The third-order valence-electron chi connectivity index (χ3n) is 3.47. The van der Waals surface area contributed by atoms with Gasteiger partial charge in [-0.3, -0.25) is 4.79 Å².